The van der Waals surface area contributed by atoms with Gasteiger partial charge in [-0.2, -0.15) is 0 Å². The van der Waals surface area contributed by atoms with E-state index in [1.807, 2.05) is 13.8 Å². The number of hydrogen-bond donors (Lipinski definition) is 1. The average molecular weight is 314 g/mol. The standard InChI is InChI=1S/C18H37NO.C2H6/c1-15(2)11-9-7-8-10-12-19-17(20)14-18(5,6)13-16(3)4;1-2/h15-16H,7-14H2,1-6H3,(H,19,20);1-2H3. The summed E-state index contributed by atoms with van der Waals surface area (Å²) >= 11 is 0. The zero-order chi connectivity index (χ0) is 17.6. The van der Waals surface area contributed by atoms with Gasteiger partial charge in [0.2, 0.25) is 5.91 Å². The molecule has 0 aromatic carbocycles. The molecule has 0 aliphatic rings. The minimum absolute atomic E-state index is 0.121. The zero-order valence-electron chi connectivity index (χ0n) is 16.7. The molecule has 0 atom stereocenters. The summed E-state index contributed by atoms with van der Waals surface area (Å²) in [7, 11) is 0. The lowest BCUT2D eigenvalue weighted by molar-refractivity contribution is -0.123. The number of amides is 1. The Bertz CT molecular complexity index is 256. The minimum Gasteiger partial charge on any atom is -0.356 e. The first-order valence-corrected chi connectivity index (χ1v) is 9.49. The van der Waals surface area contributed by atoms with Crippen molar-refractivity contribution >= 4 is 5.91 Å². The van der Waals surface area contributed by atoms with Crippen LogP contribution in [-0.4, -0.2) is 12.5 Å². The molecule has 0 aromatic heterocycles. The molecule has 1 amide bonds. The van der Waals surface area contributed by atoms with Gasteiger partial charge < -0.3 is 5.32 Å². The molecule has 0 saturated heterocycles. The molecule has 0 aliphatic carbocycles. The Labute approximate surface area is 140 Å². The summed E-state index contributed by atoms with van der Waals surface area (Å²) in [5, 5.41) is 3.07. The number of rotatable bonds is 11. The second kappa shape index (κ2) is 14.1. The van der Waals surface area contributed by atoms with E-state index in [1.54, 1.807) is 0 Å². The largest absolute Gasteiger partial charge is 0.356 e. The number of nitrogens with one attached hydrogen (secondary N) is 1. The van der Waals surface area contributed by atoms with Crippen LogP contribution in [0.5, 0.6) is 0 Å². The predicted molar refractivity (Wildman–Crippen MR) is 100 cm³/mol. The molecular formula is C20H43NO. The molecule has 2 nitrogen and oxygen atoms in total. The van der Waals surface area contributed by atoms with Crippen molar-refractivity contribution in [2.75, 3.05) is 6.54 Å². The van der Waals surface area contributed by atoms with E-state index in [0.717, 1.165) is 25.3 Å². The first kappa shape index (κ1) is 23.7. The van der Waals surface area contributed by atoms with Crippen LogP contribution < -0.4 is 5.32 Å². The highest BCUT2D eigenvalue weighted by Gasteiger charge is 2.22. The first-order valence-electron chi connectivity index (χ1n) is 9.49. The summed E-state index contributed by atoms with van der Waals surface area (Å²) in [5.74, 6) is 1.69. The molecule has 0 bridgehead atoms. The van der Waals surface area contributed by atoms with Gasteiger partial charge in [0.05, 0.1) is 0 Å². The fraction of sp³-hybridized carbons (Fsp3) is 0.950. The summed E-state index contributed by atoms with van der Waals surface area (Å²) < 4.78 is 0. The Kier molecular flexibility index (Phi) is 15.2. The lowest BCUT2D eigenvalue weighted by atomic mass is 9.81. The molecule has 0 unspecified atom stereocenters. The monoisotopic (exact) mass is 313 g/mol. The van der Waals surface area contributed by atoms with E-state index < -0.39 is 0 Å². The quantitative estimate of drug-likeness (QED) is 0.452. The summed E-state index contributed by atoms with van der Waals surface area (Å²) in [6.07, 6.45) is 8.07. The molecule has 134 valence electrons. The normalized spacial score (nSPS) is 11.4. The summed E-state index contributed by atoms with van der Waals surface area (Å²) in [6.45, 7) is 18.2. The van der Waals surface area contributed by atoms with Crippen molar-refractivity contribution in [1.29, 1.82) is 0 Å². The fourth-order valence-electron chi connectivity index (χ4n) is 2.93. The highest BCUT2D eigenvalue weighted by Crippen LogP contribution is 2.28. The van der Waals surface area contributed by atoms with E-state index in [9.17, 15) is 4.79 Å². The maximum atomic E-state index is 11.9. The summed E-state index contributed by atoms with van der Waals surface area (Å²) in [5.41, 5.74) is 0.121. The number of unbranched alkanes of at least 4 members (excludes halogenated alkanes) is 3. The Balaban J connectivity index is 0. The summed E-state index contributed by atoms with van der Waals surface area (Å²) in [6, 6.07) is 0. The van der Waals surface area contributed by atoms with Gasteiger partial charge in [-0.05, 0) is 30.1 Å². The van der Waals surface area contributed by atoms with Crippen LogP contribution in [0.3, 0.4) is 0 Å². The maximum absolute atomic E-state index is 11.9. The SMILES string of the molecule is CC.CC(C)CCCCCCNC(=O)CC(C)(C)CC(C)C. The van der Waals surface area contributed by atoms with E-state index in [1.165, 1.54) is 25.7 Å². The average Bonchev–Trinajstić information content (AvgIpc) is 2.37. The van der Waals surface area contributed by atoms with Crippen LogP contribution in [-0.2, 0) is 4.79 Å². The minimum atomic E-state index is 0.121. The Hall–Kier alpha value is -0.530. The smallest absolute Gasteiger partial charge is 0.220 e. The molecule has 0 aromatic rings. The van der Waals surface area contributed by atoms with Crippen molar-refractivity contribution in [1.82, 2.24) is 5.32 Å². The molecule has 0 saturated carbocycles. The highest BCUT2D eigenvalue weighted by atomic mass is 16.1. The highest BCUT2D eigenvalue weighted by molar-refractivity contribution is 5.76. The van der Waals surface area contributed by atoms with Gasteiger partial charge in [0.1, 0.15) is 0 Å². The van der Waals surface area contributed by atoms with Crippen molar-refractivity contribution in [3.05, 3.63) is 0 Å². The van der Waals surface area contributed by atoms with Gasteiger partial charge in [0, 0.05) is 13.0 Å². The number of carbonyl (C=O) groups excluding carboxylic acids is 1. The molecule has 0 spiro atoms. The van der Waals surface area contributed by atoms with Gasteiger partial charge in [-0.1, -0.05) is 81.1 Å². The van der Waals surface area contributed by atoms with E-state index in [4.69, 9.17) is 0 Å². The number of carbonyl (C=O) groups is 1. The van der Waals surface area contributed by atoms with Crippen LogP contribution in [0.2, 0.25) is 0 Å². The van der Waals surface area contributed by atoms with E-state index in [0.29, 0.717) is 12.3 Å². The molecule has 1 N–H and O–H groups in total. The lowest BCUT2D eigenvalue weighted by Crippen LogP contribution is -2.30. The van der Waals surface area contributed by atoms with E-state index >= 15 is 0 Å². The van der Waals surface area contributed by atoms with E-state index in [-0.39, 0.29) is 11.3 Å². The molecule has 0 radical (unpaired) electrons. The molecule has 0 aliphatic heterocycles. The van der Waals surface area contributed by atoms with Gasteiger partial charge in [0.15, 0.2) is 0 Å². The molecule has 22 heavy (non-hydrogen) atoms. The topological polar surface area (TPSA) is 29.1 Å². The fourth-order valence-corrected chi connectivity index (χ4v) is 2.93. The zero-order valence-corrected chi connectivity index (χ0v) is 16.7. The molecule has 0 fully saturated rings. The second-order valence-corrected chi connectivity index (χ2v) is 7.89. The predicted octanol–water partition coefficient (Wildman–Crippen LogP) is 6.20. The Morgan fingerprint density at radius 1 is 0.909 bits per heavy atom. The van der Waals surface area contributed by atoms with Crippen molar-refractivity contribution < 1.29 is 4.79 Å². The lowest BCUT2D eigenvalue weighted by Gasteiger charge is -2.25. The van der Waals surface area contributed by atoms with Gasteiger partial charge in [-0.25, -0.2) is 0 Å². The van der Waals surface area contributed by atoms with Crippen molar-refractivity contribution in [3.63, 3.8) is 0 Å². The van der Waals surface area contributed by atoms with Crippen LogP contribution in [0.1, 0.15) is 100 Å². The Morgan fingerprint density at radius 2 is 1.45 bits per heavy atom. The van der Waals surface area contributed by atoms with Crippen LogP contribution in [0.15, 0.2) is 0 Å². The van der Waals surface area contributed by atoms with Crippen LogP contribution in [0, 0.1) is 17.3 Å². The van der Waals surface area contributed by atoms with Gasteiger partial charge in [0.25, 0.3) is 0 Å². The number of hydrogen-bond acceptors (Lipinski definition) is 1. The maximum Gasteiger partial charge on any atom is 0.220 e. The van der Waals surface area contributed by atoms with Crippen molar-refractivity contribution in [2.24, 2.45) is 17.3 Å². The van der Waals surface area contributed by atoms with Crippen LogP contribution in [0.4, 0.5) is 0 Å². The van der Waals surface area contributed by atoms with Crippen LogP contribution in [0.25, 0.3) is 0 Å². The molecular weight excluding hydrogens is 270 g/mol. The first-order chi connectivity index (χ1) is 10.2. The second-order valence-electron chi connectivity index (χ2n) is 7.89. The Morgan fingerprint density at radius 3 is 1.95 bits per heavy atom. The summed E-state index contributed by atoms with van der Waals surface area (Å²) in [4.78, 5) is 11.9. The van der Waals surface area contributed by atoms with Crippen molar-refractivity contribution in [3.8, 4) is 0 Å². The van der Waals surface area contributed by atoms with Gasteiger partial charge in [-0.3, -0.25) is 4.79 Å². The van der Waals surface area contributed by atoms with E-state index in [2.05, 4.69) is 46.9 Å². The van der Waals surface area contributed by atoms with Gasteiger partial charge >= 0.3 is 0 Å². The third-order valence-electron chi connectivity index (χ3n) is 3.63. The third-order valence-corrected chi connectivity index (χ3v) is 3.63. The molecule has 0 rings (SSSR count). The molecule has 0 heterocycles. The van der Waals surface area contributed by atoms with Crippen LogP contribution >= 0.6 is 0 Å². The molecule has 2 heteroatoms. The van der Waals surface area contributed by atoms with Crippen molar-refractivity contribution in [2.45, 2.75) is 100 Å². The third kappa shape index (κ3) is 17.5. The van der Waals surface area contributed by atoms with Gasteiger partial charge in [-0.15, -0.1) is 0 Å².